The minimum Gasteiger partial charge on any atom is -0.310 e. The van der Waals surface area contributed by atoms with Gasteiger partial charge in [0.05, 0.1) is 11.1 Å². The Bertz CT molecular complexity index is 3480. The van der Waals surface area contributed by atoms with E-state index in [2.05, 4.69) is 241 Å². The quantitative estimate of drug-likeness (QED) is 0.162. The fourth-order valence-corrected chi connectivity index (χ4v) is 12.1. The van der Waals surface area contributed by atoms with Gasteiger partial charge in [-0.1, -0.05) is 200 Å². The second-order valence-corrected chi connectivity index (χ2v) is 17.8. The van der Waals surface area contributed by atoms with Crippen LogP contribution in [0.2, 0.25) is 0 Å². The molecule has 0 saturated carbocycles. The van der Waals surface area contributed by atoms with Gasteiger partial charge in [-0.3, -0.25) is 0 Å². The lowest BCUT2D eigenvalue weighted by Crippen LogP contribution is -2.26. The van der Waals surface area contributed by atoms with Crippen molar-refractivity contribution >= 4 is 48.6 Å². The van der Waals surface area contributed by atoms with Gasteiger partial charge in [-0.05, 0) is 109 Å². The van der Waals surface area contributed by atoms with E-state index in [4.69, 9.17) is 0 Å². The van der Waals surface area contributed by atoms with Crippen molar-refractivity contribution in [2.45, 2.75) is 5.41 Å². The van der Waals surface area contributed by atoms with Gasteiger partial charge in [-0.25, -0.2) is 0 Å². The van der Waals surface area contributed by atoms with Crippen LogP contribution in [0.5, 0.6) is 0 Å². The van der Waals surface area contributed by atoms with Crippen LogP contribution in [-0.2, 0) is 5.41 Å². The highest BCUT2D eigenvalue weighted by Gasteiger charge is 2.51. The number of fused-ring (bicyclic) bond motifs is 13. The van der Waals surface area contributed by atoms with Crippen molar-refractivity contribution in [2.24, 2.45) is 0 Å². The molecule has 2 aliphatic rings. The van der Waals surface area contributed by atoms with Gasteiger partial charge in [0.15, 0.2) is 0 Å². The van der Waals surface area contributed by atoms with Gasteiger partial charge in [-0.2, -0.15) is 0 Å². The molecule has 1 heterocycles. The van der Waals surface area contributed by atoms with E-state index in [-0.39, 0.29) is 0 Å². The Morgan fingerprint density at radius 3 is 1.38 bits per heavy atom. The molecule has 0 fully saturated rings. The van der Waals surface area contributed by atoms with Crippen LogP contribution in [0, 0.1) is 0 Å². The zero-order valence-corrected chi connectivity index (χ0v) is 35.2. The number of nitrogens with zero attached hydrogens (tertiary/aromatic N) is 1. The molecule has 0 amide bonds. The maximum absolute atomic E-state index is 2.52. The average molecular weight is 818 g/mol. The van der Waals surface area contributed by atoms with Gasteiger partial charge in [0.2, 0.25) is 0 Å². The highest BCUT2D eigenvalue weighted by atomic mass is 32.1. The topological polar surface area (TPSA) is 3.24 Å². The molecule has 0 unspecified atom stereocenters. The summed E-state index contributed by atoms with van der Waals surface area (Å²) in [5.74, 6) is 0. The highest BCUT2D eigenvalue weighted by Crippen LogP contribution is 2.63. The average Bonchev–Trinajstić information content (AvgIpc) is 3.99. The lowest BCUT2D eigenvalue weighted by Gasteiger charge is -2.33. The summed E-state index contributed by atoms with van der Waals surface area (Å²) in [5.41, 5.74) is 20.7. The van der Waals surface area contributed by atoms with Crippen molar-refractivity contribution in [3.8, 4) is 55.6 Å². The minimum absolute atomic E-state index is 0.455. The van der Waals surface area contributed by atoms with Gasteiger partial charge in [0, 0.05) is 37.1 Å². The normalized spacial score (nSPS) is 12.9. The molecule has 0 N–H and O–H groups in total. The van der Waals surface area contributed by atoms with Crippen LogP contribution in [0.15, 0.2) is 237 Å². The molecule has 2 heteroatoms. The van der Waals surface area contributed by atoms with Gasteiger partial charge in [0.25, 0.3) is 0 Å². The van der Waals surface area contributed by atoms with Crippen molar-refractivity contribution in [1.82, 2.24) is 0 Å². The van der Waals surface area contributed by atoms with Crippen LogP contribution < -0.4 is 4.90 Å². The molecule has 11 aromatic rings. The van der Waals surface area contributed by atoms with Crippen molar-refractivity contribution in [3.05, 3.63) is 259 Å². The van der Waals surface area contributed by atoms with Crippen LogP contribution in [0.25, 0.3) is 75.8 Å². The van der Waals surface area contributed by atoms with Crippen molar-refractivity contribution < 1.29 is 0 Å². The molecule has 1 nitrogen and oxygen atoms in total. The van der Waals surface area contributed by atoms with Crippen LogP contribution in [0.4, 0.5) is 17.1 Å². The van der Waals surface area contributed by atoms with E-state index in [1.165, 1.54) is 98.1 Å². The molecule has 0 radical (unpaired) electrons. The van der Waals surface area contributed by atoms with E-state index < -0.39 is 5.41 Å². The Hall–Kier alpha value is -7.78. The zero-order chi connectivity index (χ0) is 41.5. The molecule has 294 valence electrons. The molecule has 0 aliphatic heterocycles. The number of hydrogen-bond acceptors (Lipinski definition) is 2. The van der Waals surface area contributed by atoms with Crippen LogP contribution in [0.3, 0.4) is 0 Å². The zero-order valence-electron chi connectivity index (χ0n) is 34.4. The fourth-order valence-electron chi connectivity index (χ4n) is 10.8. The molecule has 10 aromatic carbocycles. The SMILES string of the molecule is c1ccc(-c2ccc(-c3c(N(c4ccc(-c5ccccc5)cc4)c4ccc5c(c4)C4(c6ccccc6-c6ccccc64)c4ccccc4-5)ccc4c3sc3ccccc34)cc2)cc1. The Kier molecular flexibility index (Phi) is 8.06. The van der Waals surface area contributed by atoms with E-state index in [1.807, 2.05) is 11.3 Å². The second kappa shape index (κ2) is 14.1. The maximum Gasteiger partial charge on any atom is 0.0726 e. The molecule has 0 saturated heterocycles. The summed E-state index contributed by atoms with van der Waals surface area (Å²) >= 11 is 1.89. The van der Waals surface area contributed by atoms with Gasteiger partial charge in [-0.15, -0.1) is 11.3 Å². The number of rotatable bonds is 6. The predicted octanol–water partition coefficient (Wildman–Crippen LogP) is 16.9. The third-order valence-corrected chi connectivity index (χ3v) is 14.7. The van der Waals surface area contributed by atoms with Gasteiger partial charge in [0.1, 0.15) is 0 Å². The van der Waals surface area contributed by atoms with Crippen LogP contribution in [-0.4, -0.2) is 0 Å². The Morgan fingerprint density at radius 1 is 0.317 bits per heavy atom. The summed E-state index contributed by atoms with van der Waals surface area (Å²) in [7, 11) is 0. The van der Waals surface area contributed by atoms with Crippen molar-refractivity contribution in [1.29, 1.82) is 0 Å². The van der Waals surface area contributed by atoms with E-state index in [1.54, 1.807) is 0 Å². The first-order valence-electron chi connectivity index (χ1n) is 21.8. The largest absolute Gasteiger partial charge is 0.310 e. The third kappa shape index (κ3) is 5.35. The first-order valence-corrected chi connectivity index (χ1v) is 22.6. The van der Waals surface area contributed by atoms with E-state index in [0.717, 1.165) is 17.1 Å². The maximum atomic E-state index is 2.52. The summed E-state index contributed by atoms with van der Waals surface area (Å²) in [5, 5.41) is 2.57. The summed E-state index contributed by atoms with van der Waals surface area (Å²) in [6, 6.07) is 87.8. The molecule has 1 spiro atoms. The lowest BCUT2D eigenvalue weighted by molar-refractivity contribution is 0.793. The summed E-state index contributed by atoms with van der Waals surface area (Å²) in [6.45, 7) is 0. The molecular formula is C61H39NS. The first-order chi connectivity index (χ1) is 31.3. The molecular weight excluding hydrogens is 779 g/mol. The first kappa shape index (κ1) is 35.9. The summed E-state index contributed by atoms with van der Waals surface area (Å²) in [4.78, 5) is 2.52. The molecule has 13 rings (SSSR count). The smallest absolute Gasteiger partial charge is 0.0726 e. The predicted molar refractivity (Wildman–Crippen MR) is 267 cm³/mol. The number of hydrogen-bond donors (Lipinski definition) is 0. The number of benzene rings is 10. The molecule has 2 aliphatic carbocycles. The van der Waals surface area contributed by atoms with E-state index >= 15 is 0 Å². The van der Waals surface area contributed by atoms with E-state index in [0.29, 0.717) is 0 Å². The van der Waals surface area contributed by atoms with Crippen LogP contribution >= 0.6 is 11.3 Å². The lowest BCUT2D eigenvalue weighted by atomic mass is 9.70. The Labute approximate surface area is 371 Å². The minimum atomic E-state index is -0.455. The van der Waals surface area contributed by atoms with Gasteiger partial charge >= 0.3 is 0 Å². The standard InChI is InChI=1S/C61H39NS/c1-3-15-40(16-4-1)42-27-29-44(30-28-42)59-57(38-37-52-51-22-10-14-26-58(51)63-60(52)59)62(45-33-31-43(32-34-45)41-17-5-2-6-18-41)46-35-36-50-49-21-9-13-25-55(49)61(56(50)39-46)53-23-11-7-19-47(53)48-20-8-12-24-54(48)61/h1-39H. The van der Waals surface area contributed by atoms with E-state index in [9.17, 15) is 0 Å². The number of thiophene rings is 1. The second-order valence-electron chi connectivity index (χ2n) is 16.7. The monoisotopic (exact) mass is 817 g/mol. The fraction of sp³-hybridized carbons (Fsp3) is 0.0164. The van der Waals surface area contributed by atoms with Crippen molar-refractivity contribution in [3.63, 3.8) is 0 Å². The molecule has 0 bridgehead atoms. The Balaban J connectivity index is 1.09. The van der Waals surface area contributed by atoms with Crippen LogP contribution in [0.1, 0.15) is 22.3 Å². The third-order valence-electron chi connectivity index (χ3n) is 13.5. The number of anilines is 3. The molecule has 1 aromatic heterocycles. The summed E-state index contributed by atoms with van der Waals surface area (Å²) in [6.07, 6.45) is 0. The summed E-state index contributed by atoms with van der Waals surface area (Å²) < 4.78 is 2.58. The molecule has 63 heavy (non-hydrogen) atoms. The molecule has 0 atom stereocenters. The highest BCUT2D eigenvalue weighted by molar-refractivity contribution is 7.26. The van der Waals surface area contributed by atoms with Crippen molar-refractivity contribution in [2.75, 3.05) is 4.90 Å². The van der Waals surface area contributed by atoms with Gasteiger partial charge < -0.3 is 4.90 Å². The Morgan fingerprint density at radius 2 is 0.778 bits per heavy atom.